The lowest BCUT2D eigenvalue weighted by molar-refractivity contribution is 0.540. The van der Waals surface area contributed by atoms with E-state index in [0.29, 0.717) is 11.6 Å². The number of anilines is 2. The Balaban J connectivity index is 1.42. The van der Waals surface area contributed by atoms with Crippen LogP contribution >= 0.6 is 23.1 Å². The van der Waals surface area contributed by atoms with E-state index in [0.717, 1.165) is 32.2 Å². The molecule has 2 heterocycles. The molecule has 4 aromatic rings. The van der Waals surface area contributed by atoms with Gasteiger partial charge in [0.25, 0.3) is 0 Å². The first-order valence-electron chi connectivity index (χ1n) is 8.50. The fourth-order valence-corrected chi connectivity index (χ4v) is 4.31. The monoisotopic (exact) mass is 394 g/mol. The number of para-hydroxylation sites is 1. The third kappa shape index (κ3) is 4.20. The van der Waals surface area contributed by atoms with Crippen molar-refractivity contribution >= 4 is 33.9 Å². The standard InChI is InChI=1S/C20H18N4OS2/c1-13-8-6-7-11-16(13)22-19-23-24-20(27-19)26-12-17-14(2)25-18(21-17)15-9-4-3-5-10-15/h3-11H,12H2,1-2H3,(H,22,23). The van der Waals surface area contributed by atoms with Crippen LogP contribution in [0.15, 0.2) is 63.4 Å². The number of thioether (sulfide) groups is 1. The molecule has 5 nitrogen and oxygen atoms in total. The Kier molecular flexibility index (Phi) is 5.22. The van der Waals surface area contributed by atoms with Crippen LogP contribution in [0.5, 0.6) is 0 Å². The van der Waals surface area contributed by atoms with Gasteiger partial charge < -0.3 is 9.73 Å². The lowest BCUT2D eigenvalue weighted by Gasteiger charge is -2.04. The molecule has 0 aliphatic carbocycles. The molecular weight excluding hydrogens is 376 g/mol. The van der Waals surface area contributed by atoms with Gasteiger partial charge in [-0.3, -0.25) is 0 Å². The summed E-state index contributed by atoms with van der Waals surface area (Å²) < 4.78 is 6.71. The van der Waals surface area contributed by atoms with Crippen molar-refractivity contribution in [1.82, 2.24) is 15.2 Å². The number of rotatable bonds is 6. The summed E-state index contributed by atoms with van der Waals surface area (Å²) in [6, 6.07) is 18.1. The first kappa shape index (κ1) is 17.8. The molecule has 0 atom stereocenters. The third-order valence-corrected chi connectivity index (χ3v) is 6.02. The molecule has 136 valence electrons. The Morgan fingerprint density at radius 1 is 1.00 bits per heavy atom. The molecule has 0 fully saturated rings. The second kappa shape index (κ2) is 7.94. The summed E-state index contributed by atoms with van der Waals surface area (Å²) in [5.41, 5.74) is 4.14. The van der Waals surface area contributed by atoms with Crippen LogP contribution in [0.4, 0.5) is 10.8 Å². The molecule has 0 saturated carbocycles. The van der Waals surface area contributed by atoms with Crippen molar-refractivity contribution in [2.24, 2.45) is 0 Å². The number of hydrogen-bond acceptors (Lipinski definition) is 7. The van der Waals surface area contributed by atoms with E-state index in [1.165, 1.54) is 16.9 Å². The van der Waals surface area contributed by atoms with Crippen LogP contribution in [0.25, 0.3) is 11.5 Å². The maximum absolute atomic E-state index is 5.82. The molecule has 2 aromatic carbocycles. The summed E-state index contributed by atoms with van der Waals surface area (Å²) in [5, 5.41) is 12.6. The largest absolute Gasteiger partial charge is 0.441 e. The molecule has 0 radical (unpaired) electrons. The van der Waals surface area contributed by atoms with Crippen molar-refractivity contribution in [2.75, 3.05) is 5.32 Å². The van der Waals surface area contributed by atoms with E-state index in [1.54, 1.807) is 11.8 Å². The summed E-state index contributed by atoms with van der Waals surface area (Å²) >= 11 is 3.15. The smallest absolute Gasteiger partial charge is 0.226 e. The molecule has 0 saturated heterocycles. The molecule has 0 unspecified atom stereocenters. The Labute approximate surface area is 165 Å². The minimum atomic E-state index is 0.655. The average molecular weight is 395 g/mol. The third-order valence-electron chi connectivity index (χ3n) is 4.04. The predicted molar refractivity (Wildman–Crippen MR) is 111 cm³/mol. The van der Waals surface area contributed by atoms with Gasteiger partial charge in [-0.15, -0.1) is 10.2 Å². The van der Waals surface area contributed by atoms with Crippen LogP contribution in [0.3, 0.4) is 0 Å². The molecule has 1 N–H and O–H groups in total. The molecule has 0 bridgehead atoms. The molecule has 7 heteroatoms. The highest BCUT2D eigenvalue weighted by atomic mass is 32.2. The van der Waals surface area contributed by atoms with Gasteiger partial charge in [0.1, 0.15) is 5.76 Å². The van der Waals surface area contributed by atoms with Crippen LogP contribution < -0.4 is 5.32 Å². The highest BCUT2D eigenvalue weighted by Gasteiger charge is 2.13. The number of aryl methyl sites for hydroxylation is 2. The Morgan fingerprint density at radius 3 is 2.59 bits per heavy atom. The Bertz CT molecular complexity index is 1040. The molecule has 4 rings (SSSR count). The second-order valence-corrected chi connectivity index (χ2v) is 8.19. The van der Waals surface area contributed by atoms with E-state index < -0.39 is 0 Å². The van der Waals surface area contributed by atoms with E-state index in [1.807, 2.05) is 55.5 Å². The van der Waals surface area contributed by atoms with Gasteiger partial charge in [-0.1, -0.05) is 59.5 Å². The van der Waals surface area contributed by atoms with Crippen molar-refractivity contribution in [3.63, 3.8) is 0 Å². The van der Waals surface area contributed by atoms with E-state index in [2.05, 4.69) is 33.5 Å². The minimum absolute atomic E-state index is 0.655. The van der Waals surface area contributed by atoms with Gasteiger partial charge in [0.2, 0.25) is 11.0 Å². The number of benzene rings is 2. The fraction of sp³-hybridized carbons (Fsp3) is 0.150. The molecule has 2 aromatic heterocycles. The molecule has 0 spiro atoms. The number of nitrogens with zero attached hydrogens (tertiary/aromatic N) is 3. The summed E-state index contributed by atoms with van der Waals surface area (Å²) in [5.74, 6) is 2.19. The van der Waals surface area contributed by atoms with Gasteiger partial charge in [-0.25, -0.2) is 4.98 Å². The van der Waals surface area contributed by atoms with Gasteiger partial charge in [0, 0.05) is 17.0 Å². The van der Waals surface area contributed by atoms with Crippen molar-refractivity contribution in [3.8, 4) is 11.5 Å². The van der Waals surface area contributed by atoms with Crippen LogP contribution in [-0.4, -0.2) is 15.2 Å². The normalized spacial score (nSPS) is 10.9. The zero-order chi connectivity index (χ0) is 18.6. The molecular formula is C20H18N4OS2. The number of aromatic nitrogens is 3. The van der Waals surface area contributed by atoms with Gasteiger partial charge in [0.05, 0.1) is 5.69 Å². The van der Waals surface area contributed by atoms with Crippen LogP contribution in [0, 0.1) is 13.8 Å². The van der Waals surface area contributed by atoms with Crippen molar-refractivity contribution in [2.45, 2.75) is 23.9 Å². The van der Waals surface area contributed by atoms with E-state index in [4.69, 9.17) is 4.42 Å². The zero-order valence-corrected chi connectivity index (χ0v) is 16.6. The van der Waals surface area contributed by atoms with Gasteiger partial charge in [0.15, 0.2) is 4.34 Å². The topological polar surface area (TPSA) is 63.8 Å². The minimum Gasteiger partial charge on any atom is -0.441 e. The van der Waals surface area contributed by atoms with E-state index >= 15 is 0 Å². The first-order valence-corrected chi connectivity index (χ1v) is 10.3. The summed E-state index contributed by atoms with van der Waals surface area (Å²) in [7, 11) is 0. The summed E-state index contributed by atoms with van der Waals surface area (Å²) in [6.07, 6.45) is 0. The van der Waals surface area contributed by atoms with Gasteiger partial charge >= 0.3 is 0 Å². The highest BCUT2D eigenvalue weighted by Crippen LogP contribution is 2.32. The maximum atomic E-state index is 5.82. The second-order valence-electron chi connectivity index (χ2n) is 5.99. The van der Waals surface area contributed by atoms with Gasteiger partial charge in [-0.2, -0.15) is 0 Å². The quantitative estimate of drug-likeness (QED) is 0.414. The lowest BCUT2D eigenvalue weighted by Crippen LogP contribution is -1.91. The summed E-state index contributed by atoms with van der Waals surface area (Å²) in [6.45, 7) is 4.01. The first-order chi connectivity index (χ1) is 13.2. The molecule has 0 aliphatic rings. The van der Waals surface area contributed by atoms with E-state index in [9.17, 15) is 0 Å². The number of oxazole rings is 1. The molecule has 0 aliphatic heterocycles. The van der Waals surface area contributed by atoms with Gasteiger partial charge in [-0.05, 0) is 37.6 Å². The Morgan fingerprint density at radius 2 is 1.78 bits per heavy atom. The number of nitrogens with one attached hydrogen (secondary N) is 1. The fourth-order valence-electron chi connectivity index (χ4n) is 2.54. The summed E-state index contributed by atoms with van der Waals surface area (Å²) in [4.78, 5) is 4.63. The van der Waals surface area contributed by atoms with Crippen molar-refractivity contribution in [3.05, 3.63) is 71.6 Å². The van der Waals surface area contributed by atoms with E-state index in [-0.39, 0.29) is 0 Å². The predicted octanol–water partition coefficient (Wildman–Crippen LogP) is 5.85. The number of hydrogen-bond donors (Lipinski definition) is 1. The van der Waals surface area contributed by atoms with Crippen LogP contribution in [0.2, 0.25) is 0 Å². The zero-order valence-electron chi connectivity index (χ0n) is 15.0. The van der Waals surface area contributed by atoms with Crippen LogP contribution in [0.1, 0.15) is 17.0 Å². The SMILES string of the molecule is Cc1ccccc1Nc1nnc(SCc2nc(-c3ccccc3)oc2C)s1. The van der Waals surface area contributed by atoms with Crippen molar-refractivity contribution in [1.29, 1.82) is 0 Å². The maximum Gasteiger partial charge on any atom is 0.226 e. The lowest BCUT2D eigenvalue weighted by atomic mass is 10.2. The average Bonchev–Trinajstić information content (AvgIpc) is 3.29. The van der Waals surface area contributed by atoms with Crippen LogP contribution in [-0.2, 0) is 5.75 Å². The highest BCUT2D eigenvalue weighted by molar-refractivity contribution is 8.00. The Hall–Kier alpha value is -2.64. The van der Waals surface area contributed by atoms with Crippen molar-refractivity contribution < 1.29 is 4.42 Å². The molecule has 27 heavy (non-hydrogen) atoms. The molecule has 0 amide bonds.